The number of anilines is 2. The molecule has 7 heteroatoms. The second-order valence-electron chi connectivity index (χ2n) is 6.61. The molecule has 2 aromatic rings. The van der Waals surface area contributed by atoms with Gasteiger partial charge >= 0.3 is 0 Å². The smallest absolute Gasteiger partial charge is 0.196 e. The highest BCUT2D eigenvalue weighted by atomic mass is 16.5. The van der Waals surface area contributed by atoms with Crippen LogP contribution in [0.4, 0.5) is 11.5 Å². The van der Waals surface area contributed by atoms with Crippen molar-refractivity contribution in [3.8, 4) is 11.5 Å². The van der Waals surface area contributed by atoms with Gasteiger partial charge in [0.1, 0.15) is 5.82 Å². The average Bonchev–Trinajstić information content (AvgIpc) is 3.27. The Labute approximate surface area is 166 Å². The van der Waals surface area contributed by atoms with Gasteiger partial charge in [-0.25, -0.2) is 9.98 Å². The fourth-order valence-electron chi connectivity index (χ4n) is 3.17. The number of guanidine groups is 1. The summed E-state index contributed by atoms with van der Waals surface area (Å²) in [6.45, 7) is 5.56. The number of aliphatic imine (C=N–C) groups is 1. The first kappa shape index (κ1) is 19.8. The van der Waals surface area contributed by atoms with Crippen molar-refractivity contribution >= 4 is 17.5 Å². The van der Waals surface area contributed by atoms with Gasteiger partial charge in [-0.3, -0.25) is 0 Å². The molecular weight excluding hydrogens is 354 g/mol. The third-order valence-corrected chi connectivity index (χ3v) is 4.65. The zero-order chi connectivity index (χ0) is 19.8. The van der Waals surface area contributed by atoms with Gasteiger partial charge in [0, 0.05) is 37.6 Å². The first-order valence-corrected chi connectivity index (χ1v) is 9.70. The molecule has 0 amide bonds. The van der Waals surface area contributed by atoms with Crippen LogP contribution in [0, 0.1) is 0 Å². The van der Waals surface area contributed by atoms with E-state index in [-0.39, 0.29) is 0 Å². The molecule has 0 atom stereocenters. The van der Waals surface area contributed by atoms with E-state index in [0.717, 1.165) is 36.7 Å². The van der Waals surface area contributed by atoms with Crippen LogP contribution in [0.25, 0.3) is 0 Å². The SMILES string of the molecule is CCNC(=NCc1ccc(N2CCCC2)nc1)Nc1ccc(OC)c(OC)c1. The van der Waals surface area contributed by atoms with Gasteiger partial charge in [-0.15, -0.1) is 0 Å². The molecule has 0 spiro atoms. The highest BCUT2D eigenvalue weighted by Gasteiger charge is 2.13. The number of rotatable bonds is 7. The Bertz CT molecular complexity index is 786. The van der Waals surface area contributed by atoms with E-state index in [9.17, 15) is 0 Å². The molecule has 1 aliphatic rings. The predicted molar refractivity (Wildman–Crippen MR) is 114 cm³/mol. The van der Waals surface area contributed by atoms with Gasteiger partial charge in [-0.1, -0.05) is 6.07 Å². The fourth-order valence-corrected chi connectivity index (χ4v) is 3.17. The van der Waals surface area contributed by atoms with E-state index in [0.29, 0.717) is 24.0 Å². The summed E-state index contributed by atoms with van der Waals surface area (Å²) in [5.74, 6) is 3.13. The third-order valence-electron chi connectivity index (χ3n) is 4.65. The van der Waals surface area contributed by atoms with Gasteiger partial charge < -0.3 is 25.0 Å². The normalized spacial score (nSPS) is 14.1. The van der Waals surface area contributed by atoms with E-state index in [1.54, 1.807) is 14.2 Å². The monoisotopic (exact) mass is 383 g/mol. The molecule has 7 nitrogen and oxygen atoms in total. The Morgan fingerprint density at radius 2 is 1.89 bits per heavy atom. The lowest BCUT2D eigenvalue weighted by atomic mass is 10.2. The topological polar surface area (TPSA) is 71.0 Å². The van der Waals surface area contributed by atoms with Crippen LogP contribution < -0.4 is 25.0 Å². The van der Waals surface area contributed by atoms with E-state index >= 15 is 0 Å². The van der Waals surface area contributed by atoms with Crippen molar-refractivity contribution in [2.45, 2.75) is 26.3 Å². The molecule has 2 heterocycles. The molecule has 3 rings (SSSR count). The van der Waals surface area contributed by atoms with Crippen LogP contribution in [0.3, 0.4) is 0 Å². The Morgan fingerprint density at radius 1 is 1.11 bits per heavy atom. The quantitative estimate of drug-likeness (QED) is 0.565. The van der Waals surface area contributed by atoms with Crippen LogP contribution in [-0.4, -0.2) is 44.8 Å². The van der Waals surface area contributed by atoms with Gasteiger partial charge in [-0.05, 0) is 43.5 Å². The molecule has 1 aromatic heterocycles. The summed E-state index contributed by atoms with van der Waals surface area (Å²) in [5, 5.41) is 6.57. The number of aromatic nitrogens is 1. The minimum Gasteiger partial charge on any atom is -0.493 e. The summed E-state index contributed by atoms with van der Waals surface area (Å²) in [5.41, 5.74) is 1.95. The minimum atomic E-state index is 0.551. The first-order chi connectivity index (χ1) is 13.7. The number of benzene rings is 1. The minimum absolute atomic E-state index is 0.551. The summed E-state index contributed by atoms with van der Waals surface area (Å²) in [4.78, 5) is 11.6. The van der Waals surface area contributed by atoms with E-state index in [1.165, 1.54) is 12.8 Å². The summed E-state index contributed by atoms with van der Waals surface area (Å²) in [6.07, 6.45) is 4.42. The van der Waals surface area contributed by atoms with E-state index in [1.807, 2.05) is 31.3 Å². The van der Waals surface area contributed by atoms with Gasteiger partial charge in [0.2, 0.25) is 0 Å². The van der Waals surface area contributed by atoms with Crippen LogP contribution in [0.2, 0.25) is 0 Å². The molecule has 0 bridgehead atoms. The molecule has 0 saturated carbocycles. The lowest BCUT2D eigenvalue weighted by Gasteiger charge is -2.16. The van der Waals surface area contributed by atoms with Crippen LogP contribution in [-0.2, 0) is 6.54 Å². The molecule has 1 saturated heterocycles. The Morgan fingerprint density at radius 3 is 2.54 bits per heavy atom. The maximum Gasteiger partial charge on any atom is 0.196 e. The van der Waals surface area contributed by atoms with E-state index in [2.05, 4.69) is 37.6 Å². The van der Waals surface area contributed by atoms with E-state index < -0.39 is 0 Å². The summed E-state index contributed by atoms with van der Waals surface area (Å²) in [6, 6.07) is 9.87. The molecule has 0 radical (unpaired) electrons. The standard InChI is InChI=1S/C21H29N5O2/c1-4-22-21(25-17-8-9-18(27-2)19(13-17)28-3)24-15-16-7-10-20(23-14-16)26-11-5-6-12-26/h7-10,13-14H,4-6,11-12,15H2,1-3H3,(H2,22,24,25). The number of nitrogens with one attached hydrogen (secondary N) is 2. The van der Waals surface area contributed by atoms with Gasteiger partial charge in [0.25, 0.3) is 0 Å². The van der Waals surface area contributed by atoms with Crippen molar-refractivity contribution in [1.82, 2.24) is 10.3 Å². The van der Waals surface area contributed by atoms with Crippen LogP contribution >= 0.6 is 0 Å². The molecule has 2 N–H and O–H groups in total. The van der Waals surface area contributed by atoms with Crippen molar-refractivity contribution in [3.05, 3.63) is 42.1 Å². The number of nitrogens with zero attached hydrogens (tertiary/aromatic N) is 3. The fraction of sp³-hybridized carbons (Fsp3) is 0.429. The summed E-state index contributed by atoms with van der Waals surface area (Å²) >= 11 is 0. The molecule has 1 aromatic carbocycles. The maximum atomic E-state index is 5.36. The highest BCUT2D eigenvalue weighted by Crippen LogP contribution is 2.29. The summed E-state index contributed by atoms with van der Waals surface area (Å²) in [7, 11) is 3.25. The zero-order valence-electron chi connectivity index (χ0n) is 16.9. The molecular formula is C21H29N5O2. The average molecular weight is 383 g/mol. The zero-order valence-corrected chi connectivity index (χ0v) is 16.9. The van der Waals surface area contributed by atoms with Crippen LogP contribution in [0.15, 0.2) is 41.5 Å². The highest BCUT2D eigenvalue weighted by molar-refractivity contribution is 5.93. The number of ether oxygens (including phenoxy) is 2. The summed E-state index contributed by atoms with van der Waals surface area (Å²) < 4.78 is 10.7. The molecule has 0 unspecified atom stereocenters. The maximum absolute atomic E-state index is 5.36. The molecule has 150 valence electrons. The molecule has 28 heavy (non-hydrogen) atoms. The Kier molecular flexibility index (Phi) is 6.94. The Balaban J connectivity index is 1.67. The second kappa shape index (κ2) is 9.82. The van der Waals surface area contributed by atoms with Crippen molar-refractivity contribution in [1.29, 1.82) is 0 Å². The van der Waals surface area contributed by atoms with Gasteiger partial charge in [0.15, 0.2) is 17.5 Å². The lowest BCUT2D eigenvalue weighted by Crippen LogP contribution is -2.30. The molecule has 1 aliphatic heterocycles. The van der Waals surface area contributed by atoms with Crippen LogP contribution in [0.1, 0.15) is 25.3 Å². The van der Waals surface area contributed by atoms with Crippen LogP contribution in [0.5, 0.6) is 11.5 Å². The van der Waals surface area contributed by atoms with Crippen molar-refractivity contribution in [3.63, 3.8) is 0 Å². The number of hydrogen-bond donors (Lipinski definition) is 2. The first-order valence-electron chi connectivity index (χ1n) is 9.70. The third kappa shape index (κ3) is 5.06. The van der Waals surface area contributed by atoms with Crippen molar-refractivity contribution in [2.24, 2.45) is 4.99 Å². The number of methoxy groups -OCH3 is 2. The molecule has 1 fully saturated rings. The number of hydrogen-bond acceptors (Lipinski definition) is 5. The van der Waals surface area contributed by atoms with Crippen molar-refractivity contribution < 1.29 is 9.47 Å². The van der Waals surface area contributed by atoms with Crippen molar-refractivity contribution in [2.75, 3.05) is 44.1 Å². The Hall–Kier alpha value is -2.96. The number of pyridine rings is 1. The van der Waals surface area contributed by atoms with Gasteiger partial charge in [-0.2, -0.15) is 0 Å². The predicted octanol–water partition coefficient (Wildman–Crippen LogP) is 3.28. The second-order valence-corrected chi connectivity index (χ2v) is 6.61. The van der Waals surface area contributed by atoms with Gasteiger partial charge in [0.05, 0.1) is 20.8 Å². The largest absolute Gasteiger partial charge is 0.493 e. The lowest BCUT2D eigenvalue weighted by molar-refractivity contribution is 0.355. The molecule has 0 aliphatic carbocycles. The van der Waals surface area contributed by atoms with E-state index in [4.69, 9.17) is 9.47 Å².